The molecular weight excluding hydrogens is 356 g/mol. The lowest BCUT2D eigenvalue weighted by Crippen LogP contribution is -2.13. The highest BCUT2D eigenvalue weighted by Crippen LogP contribution is 2.27. The number of rotatable bonds is 5. The Kier molecular flexibility index (Phi) is 4.57. The Morgan fingerprint density at radius 2 is 2.07 bits per heavy atom. The van der Waals surface area contributed by atoms with Crippen LogP contribution in [0.4, 0.5) is 5.69 Å². The lowest BCUT2D eigenvalue weighted by molar-refractivity contribution is 0.102. The van der Waals surface area contributed by atoms with Gasteiger partial charge in [-0.05, 0) is 44.2 Å². The molecule has 1 aromatic carbocycles. The predicted octanol–water partition coefficient (Wildman–Crippen LogP) is 4.53. The fourth-order valence-corrected chi connectivity index (χ4v) is 3.03. The maximum Gasteiger partial charge on any atom is 0.256 e. The van der Waals surface area contributed by atoms with E-state index in [0.29, 0.717) is 39.5 Å². The molecule has 4 rings (SSSR count). The fourth-order valence-electron chi connectivity index (χ4n) is 3.03. The van der Waals surface area contributed by atoms with Crippen LogP contribution in [0.3, 0.4) is 0 Å². The maximum absolute atomic E-state index is 13.1. The van der Waals surface area contributed by atoms with Crippen LogP contribution in [-0.2, 0) is 0 Å². The number of fused-ring (bicyclic) bond motifs is 1. The average Bonchev–Trinajstić information content (AvgIpc) is 3.37. The number of pyridine rings is 1. The maximum atomic E-state index is 13.1. The number of carbonyl (C=O) groups excluding carboxylic acids is 1. The van der Waals surface area contributed by atoms with E-state index in [9.17, 15) is 4.79 Å². The molecule has 0 bridgehead atoms. The van der Waals surface area contributed by atoms with Crippen LogP contribution in [0.1, 0.15) is 30.2 Å². The number of ether oxygens (including phenoxy) is 1. The van der Waals surface area contributed by atoms with E-state index in [4.69, 9.17) is 9.15 Å². The molecule has 0 saturated carbocycles. The second kappa shape index (κ2) is 7.19. The van der Waals surface area contributed by atoms with E-state index in [1.54, 1.807) is 42.5 Å². The minimum absolute atomic E-state index is 0.103. The number of anilines is 1. The van der Waals surface area contributed by atoms with Crippen LogP contribution in [0.25, 0.3) is 22.5 Å². The number of hydrogen-bond donors (Lipinski definition) is 1. The molecule has 0 aliphatic carbocycles. The molecule has 0 radical (unpaired) electrons. The van der Waals surface area contributed by atoms with Crippen molar-refractivity contribution in [2.45, 2.75) is 19.9 Å². The van der Waals surface area contributed by atoms with Gasteiger partial charge in [0, 0.05) is 17.8 Å². The summed E-state index contributed by atoms with van der Waals surface area (Å²) in [7, 11) is 1.59. The highest BCUT2D eigenvalue weighted by molar-refractivity contribution is 6.12. The van der Waals surface area contributed by atoms with Crippen molar-refractivity contribution >= 4 is 22.6 Å². The first-order valence-electron chi connectivity index (χ1n) is 8.94. The van der Waals surface area contributed by atoms with Crippen LogP contribution in [0.5, 0.6) is 5.75 Å². The number of amides is 1. The highest BCUT2D eigenvalue weighted by atomic mass is 16.5. The topological polar surface area (TPSA) is 82.2 Å². The fraction of sp³-hybridized carbons (Fsp3) is 0.190. The van der Waals surface area contributed by atoms with Crippen LogP contribution in [0, 0.1) is 0 Å². The van der Waals surface area contributed by atoms with Crippen molar-refractivity contribution in [2.24, 2.45) is 0 Å². The third-order valence-electron chi connectivity index (χ3n) is 4.40. The van der Waals surface area contributed by atoms with Crippen LogP contribution in [0.15, 0.2) is 59.3 Å². The molecule has 28 heavy (non-hydrogen) atoms. The summed E-state index contributed by atoms with van der Waals surface area (Å²) in [4.78, 5) is 17.8. The zero-order valence-corrected chi connectivity index (χ0v) is 15.8. The zero-order chi connectivity index (χ0) is 19.7. The summed E-state index contributed by atoms with van der Waals surface area (Å²) in [6.45, 7) is 4.04. The van der Waals surface area contributed by atoms with E-state index in [-0.39, 0.29) is 11.9 Å². The van der Waals surface area contributed by atoms with Gasteiger partial charge in [0.2, 0.25) is 0 Å². The van der Waals surface area contributed by atoms with Gasteiger partial charge in [-0.1, -0.05) is 6.07 Å². The Morgan fingerprint density at radius 1 is 1.21 bits per heavy atom. The molecule has 7 nitrogen and oxygen atoms in total. The number of methoxy groups -OCH3 is 1. The highest BCUT2D eigenvalue weighted by Gasteiger charge is 2.19. The number of nitrogens with zero attached hydrogens (tertiary/aromatic N) is 3. The molecule has 0 aliphatic heterocycles. The molecule has 0 unspecified atom stereocenters. The molecule has 0 aliphatic rings. The smallest absolute Gasteiger partial charge is 0.256 e. The van der Waals surface area contributed by atoms with Crippen LogP contribution >= 0.6 is 0 Å². The van der Waals surface area contributed by atoms with Crippen LogP contribution in [0.2, 0.25) is 0 Å². The van der Waals surface area contributed by atoms with Crippen molar-refractivity contribution in [3.05, 3.63) is 60.5 Å². The van der Waals surface area contributed by atoms with Gasteiger partial charge in [0.25, 0.3) is 5.91 Å². The lowest BCUT2D eigenvalue weighted by Gasteiger charge is -2.11. The van der Waals surface area contributed by atoms with Gasteiger partial charge in [0.05, 0.1) is 30.5 Å². The SMILES string of the molecule is COc1cccc(NC(=O)c2cc(-c3ccco3)nc3c2cnn3C(C)C)c1. The molecule has 4 aromatic rings. The average molecular weight is 376 g/mol. The van der Waals surface area contributed by atoms with Crippen molar-refractivity contribution in [3.63, 3.8) is 0 Å². The van der Waals surface area contributed by atoms with Gasteiger partial charge in [-0.2, -0.15) is 5.10 Å². The van der Waals surface area contributed by atoms with Gasteiger partial charge in [-0.3, -0.25) is 4.79 Å². The quantitative estimate of drug-likeness (QED) is 0.553. The Hall–Kier alpha value is -3.61. The predicted molar refractivity (Wildman–Crippen MR) is 107 cm³/mol. The van der Waals surface area contributed by atoms with Gasteiger partial charge in [0.15, 0.2) is 11.4 Å². The van der Waals surface area contributed by atoms with E-state index in [1.807, 2.05) is 38.1 Å². The molecular formula is C21H20N4O3. The number of benzene rings is 1. The second-order valence-corrected chi connectivity index (χ2v) is 6.64. The Labute approximate surface area is 161 Å². The normalized spacial score (nSPS) is 11.1. The van der Waals surface area contributed by atoms with Crippen molar-refractivity contribution in [1.82, 2.24) is 14.8 Å². The third kappa shape index (κ3) is 3.22. The molecule has 7 heteroatoms. The molecule has 0 fully saturated rings. The van der Waals surface area contributed by atoms with E-state index >= 15 is 0 Å². The van der Waals surface area contributed by atoms with Crippen LogP contribution < -0.4 is 10.1 Å². The van der Waals surface area contributed by atoms with Gasteiger partial charge >= 0.3 is 0 Å². The van der Waals surface area contributed by atoms with Crippen molar-refractivity contribution in [1.29, 1.82) is 0 Å². The largest absolute Gasteiger partial charge is 0.497 e. The van der Waals surface area contributed by atoms with E-state index in [2.05, 4.69) is 15.4 Å². The summed E-state index contributed by atoms with van der Waals surface area (Å²) >= 11 is 0. The van der Waals surface area contributed by atoms with Gasteiger partial charge < -0.3 is 14.5 Å². The standard InChI is InChI=1S/C21H20N4O3/c1-13(2)25-20-17(12-22-25)16(11-18(24-20)19-8-5-9-28-19)21(26)23-14-6-4-7-15(10-14)27-3/h4-13H,1-3H3,(H,23,26). The number of carbonyl (C=O) groups is 1. The van der Waals surface area contributed by atoms with Gasteiger partial charge in [-0.15, -0.1) is 0 Å². The van der Waals surface area contributed by atoms with Gasteiger partial charge in [0.1, 0.15) is 11.4 Å². The van der Waals surface area contributed by atoms with E-state index < -0.39 is 0 Å². The zero-order valence-electron chi connectivity index (χ0n) is 15.8. The first-order valence-corrected chi connectivity index (χ1v) is 8.94. The molecule has 3 aromatic heterocycles. The third-order valence-corrected chi connectivity index (χ3v) is 4.40. The number of hydrogen-bond acceptors (Lipinski definition) is 5. The molecule has 0 saturated heterocycles. The molecule has 0 atom stereocenters. The van der Waals surface area contributed by atoms with Crippen molar-refractivity contribution < 1.29 is 13.9 Å². The van der Waals surface area contributed by atoms with Gasteiger partial charge in [-0.25, -0.2) is 9.67 Å². The van der Waals surface area contributed by atoms with E-state index in [1.165, 1.54) is 0 Å². The first-order chi connectivity index (χ1) is 13.6. The number of furan rings is 1. The molecule has 1 amide bonds. The van der Waals surface area contributed by atoms with E-state index in [0.717, 1.165) is 0 Å². The summed E-state index contributed by atoms with van der Waals surface area (Å²) in [5.74, 6) is 1.01. The summed E-state index contributed by atoms with van der Waals surface area (Å²) in [5, 5.41) is 8.02. The van der Waals surface area contributed by atoms with Crippen LogP contribution in [-0.4, -0.2) is 27.8 Å². The Balaban J connectivity index is 1.81. The molecule has 0 spiro atoms. The second-order valence-electron chi connectivity index (χ2n) is 6.64. The minimum atomic E-state index is -0.253. The minimum Gasteiger partial charge on any atom is -0.497 e. The number of nitrogens with one attached hydrogen (secondary N) is 1. The van der Waals surface area contributed by atoms with Crippen molar-refractivity contribution in [2.75, 3.05) is 12.4 Å². The molecule has 3 heterocycles. The first kappa shape index (κ1) is 17.8. The number of aromatic nitrogens is 3. The monoisotopic (exact) mass is 376 g/mol. The lowest BCUT2D eigenvalue weighted by atomic mass is 10.1. The molecule has 142 valence electrons. The van der Waals surface area contributed by atoms with Crippen molar-refractivity contribution in [3.8, 4) is 17.2 Å². The Bertz CT molecular complexity index is 1130. The summed E-state index contributed by atoms with van der Waals surface area (Å²) in [5.41, 5.74) is 2.34. The molecule has 1 N–H and O–H groups in total. The summed E-state index contributed by atoms with van der Waals surface area (Å²) < 4.78 is 12.5. The Morgan fingerprint density at radius 3 is 2.79 bits per heavy atom. The summed E-state index contributed by atoms with van der Waals surface area (Å²) in [6.07, 6.45) is 3.26. The summed E-state index contributed by atoms with van der Waals surface area (Å²) in [6, 6.07) is 12.6.